The standard InChI is InChI=1S/C19H17F6NO2/c1-10(27)14-7-6-13-15(26-14)8-9-16(17(13)19(23,24)25)28-12-4-2-11(3-5-12)18(20,21)22/h6-9,11-12H,2-5H2,1H3. The maximum absolute atomic E-state index is 13.7. The molecule has 9 heteroatoms. The fraction of sp³-hybridized carbons (Fsp3) is 0.474. The van der Waals surface area contributed by atoms with Crippen molar-refractivity contribution >= 4 is 16.7 Å². The first-order valence-corrected chi connectivity index (χ1v) is 8.72. The number of carbonyl (C=O) groups excluding carboxylic acids is 1. The number of nitrogens with zero attached hydrogens (tertiary/aromatic N) is 1. The molecule has 0 saturated heterocycles. The monoisotopic (exact) mass is 405 g/mol. The van der Waals surface area contributed by atoms with Gasteiger partial charge in [-0.25, -0.2) is 4.98 Å². The Hall–Kier alpha value is -2.32. The highest BCUT2D eigenvalue weighted by atomic mass is 19.4. The van der Waals surface area contributed by atoms with E-state index in [0.29, 0.717) is 0 Å². The van der Waals surface area contributed by atoms with Gasteiger partial charge in [-0.2, -0.15) is 26.3 Å². The second-order valence-corrected chi connectivity index (χ2v) is 6.89. The van der Waals surface area contributed by atoms with Crippen LogP contribution < -0.4 is 4.74 Å². The van der Waals surface area contributed by atoms with Crippen molar-refractivity contribution in [3.8, 4) is 5.75 Å². The number of benzene rings is 1. The minimum Gasteiger partial charge on any atom is -0.490 e. The summed E-state index contributed by atoms with van der Waals surface area (Å²) in [6, 6.07) is 4.79. The fourth-order valence-electron chi connectivity index (χ4n) is 3.46. The number of carbonyl (C=O) groups is 1. The molecule has 3 nitrogen and oxygen atoms in total. The summed E-state index contributed by atoms with van der Waals surface area (Å²) in [6.07, 6.45) is -10.1. The third-order valence-corrected chi connectivity index (χ3v) is 4.91. The molecule has 0 atom stereocenters. The zero-order valence-corrected chi connectivity index (χ0v) is 14.8. The van der Waals surface area contributed by atoms with Crippen molar-refractivity contribution in [3.63, 3.8) is 0 Å². The lowest BCUT2D eigenvalue weighted by Crippen LogP contribution is -2.32. The topological polar surface area (TPSA) is 39.2 Å². The Kier molecular flexibility index (Phi) is 5.29. The van der Waals surface area contributed by atoms with Crippen LogP contribution in [0.15, 0.2) is 24.3 Å². The highest BCUT2D eigenvalue weighted by molar-refractivity contribution is 5.95. The van der Waals surface area contributed by atoms with Gasteiger partial charge in [0.2, 0.25) is 0 Å². The number of fused-ring (bicyclic) bond motifs is 1. The van der Waals surface area contributed by atoms with Crippen LogP contribution in [0.5, 0.6) is 5.75 Å². The average molecular weight is 405 g/mol. The molecule has 28 heavy (non-hydrogen) atoms. The number of halogens is 6. The minimum absolute atomic E-state index is 0.00634. The molecular formula is C19H17F6NO2. The minimum atomic E-state index is -4.75. The van der Waals surface area contributed by atoms with Gasteiger partial charge in [-0.1, -0.05) is 0 Å². The Morgan fingerprint density at radius 1 is 1.00 bits per heavy atom. The van der Waals surface area contributed by atoms with E-state index in [1.807, 2.05) is 0 Å². The smallest absolute Gasteiger partial charge is 0.420 e. The predicted octanol–water partition coefficient (Wildman–Crippen LogP) is 5.96. The Morgan fingerprint density at radius 2 is 1.64 bits per heavy atom. The summed E-state index contributed by atoms with van der Waals surface area (Å²) in [5, 5.41) is -0.223. The number of hydrogen-bond acceptors (Lipinski definition) is 3. The van der Waals surface area contributed by atoms with Crippen LogP contribution in [0.25, 0.3) is 10.9 Å². The van der Waals surface area contributed by atoms with Gasteiger partial charge in [0, 0.05) is 12.3 Å². The molecule has 152 valence electrons. The molecule has 0 unspecified atom stereocenters. The van der Waals surface area contributed by atoms with E-state index in [9.17, 15) is 31.1 Å². The van der Waals surface area contributed by atoms with Crippen LogP contribution in [-0.2, 0) is 6.18 Å². The molecule has 0 N–H and O–H groups in total. The van der Waals surface area contributed by atoms with Crippen LogP contribution in [0.1, 0.15) is 48.7 Å². The Morgan fingerprint density at radius 3 is 2.18 bits per heavy atom. The first-order valence-electron chi connectivity index (χ1n) is 8.72. The largest absolute Gasteiger partial charge is 0.490 e. The first-order chi connectivity index (χ1) is 13.0. The van der Waals surface area contributed by atoms with Gasteiger partial charge < -0.3 is 4.74 Å². The fourth-order valence-corrected chi connectivity index (χ4v) is 3.46. The number of ketones is 1. The molecule has 0 radical (unpaired) electrons. The van der Waals surface area contributed by atoms with Crippen LogP contribution >= 0.6 is 0 Å². The van der Waals surface area contributed by atoms with Crippen LogP contribution in [0.4, 0.5) is 26.3 Å². The molecule has 2 aromatic rings. The number of rotatable bonds is 3. The summed E-state index contributed by atoms with van der Waals surface area (Å²) in [6.45, 7) is 1.26. The summed E-state index contributed by atoms with van der Waals surface area (Å²) >= 11 is 0. The number of pyridine rings is 1. The van der Waals surface area contributed by atoms with E-state index >= 15 is 0 Å². The van der Waals surface area contributed by atoms with Crippen molar-refractivity contribution in [2.45, 2.75) is 51.1 Å². The van der Waals surface area contributed by atoms with Crippen molar-refractivity contribution in [1.82, 2.24) is 4.98 Å². The molecule has 0 aliphatic heterocycles. The summed E-state index contributed by atoms with van der Waals surface area (Å²) in [5.41, 5.74) is -1.00. The predicted molar refractivity (Wildman–Crippen MR) is 89.2 cm³/mol. The lowest BCUT2D eigenvalue weighted by molar-refractivity contribution is -0.185. The van der Waals surface area contributed by atoms with Crippen LogP contribution in [0.2, 0.25) is 0 Å². The third kappa shape index (κ3) is 4.23. The van der Waals surface area contributed by atoms with E-state index in [-0.39, 0.29) is 48.1 Å². The summed E-state index contributed by atoms with van der Waals surface area (Å²) in [7, 11) is 0. The molecule has 1 saturated carbocycles. The number of alkyl halides is 6. The van der Waals surface area contributed by atoms with E-state index in [1.165, 1.54) is 19.1 Å². The Labute approximate surface area is 156 Å². The molecule has 3 rings (SSSR count). The molecule has 1 aliphatic rings. The van der Waals surface area contributed by atoms with Crippen molar-refractivity contribution < 1.29 is 35.9 Å². The van der Waals surface area contributed by atoms with Crippen molar-refractivity contribution in [2.24, 2.45) is 5.92 Å². The quantitative estimate of drug-likeness (QED) is 0.468. The van der Waals surface area contributed by atoms with Crippen molar-refractivity contribution in [2.75, 3.05) is 0 Å². The van der Waals surface area contributed by atoms with Crippen molar-refractivity contribution in [1.29, 1.82) is 0 Å². The van der Waals surface area contributed by atoms with E-state index < -0.39 is 35.7 Å². The molecule has 0 spiro atoms. The maximum Gasteiger partial charge on any atom is 0.420 e. The van der Waals surface area contributed by atoms with Gasteiger partial charge in [0.15, 0.2) is 5.78 Å². The van der Waals surface area contributed by atoms with Gasteiger partial charge in [-0.15, -0.1) is 0 Å². The highest BCUT2D eigenvalue weighted by Crippen LogP contribution is 2.43. The Bertz CT molecular complexity index is 882. The summed E-state index contributed by atoms with van der Waals surface area (Å²) < 4.78 is 84.8. The van der Waals surface area contributed by atoms with Crippen molar-refractivity contribution in [3.05, 3.63) is 35.5 Å². The average Bonchev–Trinajstić information content (AvgIpc) is 2.59. The lowest BCUT2D eigenvalue weighted by atomic mass is 9.87. The van der Waals surface area contributed by atoms with Gasteiger partial charge in [0.1, 0.15) is 17.0 Å². The third-order valence-electron chi connectivity index (χ3n) is 4.91. The normalized spacial score (nSPS) is 21.0. The first kappa shape index (κ1) is 20.4. The molecule has 1 heterocycles. The van der Waals surface area contributed by atoms with Gasteiger partial charge in [0.25, 0.3) is 0 Å². The van der Waals surface area contributed by atoms with Gasteiger partial charge in [-0.05, 0) is 49.9 Å². The zero-order chi connectivity index (χ0) is 20.7. The van der Waals surface area contributed by atoms with Gasteiger partial charge in [-0.3, -0.25) is 4.79 Å². The molecule has 1 aromatic carbocycles. The van der Waals surface area contributed by atoms with Gasteiger partial charge in [0.05, 0.1) is 17.5 Å². The van der Waals surface area contributed by atoms with E-state index in [1.54, 1.807) is 0 Å². The van der Waals surface area contributed by atoms with Crippen LogP contribution in [0, 0.1) is 5.92 Å². The maximum atomic E-state index is 13.7. The van der Waals surface area contributed by atoms with Crippen LogP contribution in [0.3, 0.4) is 0 Å². The molecule has 1 aromatic heterocycles. The number of hydrogen-bond donors (Lipinski definition) is 0. The molecule has 0 bridgehead atoms. The summed E-state index contributed by atoms with van der Waals surface area (Å²) in [4.78, 5) is 15.4. The second-order valence-electron chi connectivity index (χ2n) is 6.89. The SMILES string of the molecule is CC(=O)c1ccc2c(C(F)(F)F)c(OC3CCC(C(F)(F)F)CC3)ccc2n1. The second kappa shape index (κ2) is 7.25. The Balaban J connectivity index is 1.91. The molecular weight excluding hydrogens is 388 g/mol. The molecule has 0 amide bonds. The lowest BCUT2D eigenvalue weighted by Gasteiger charge is -2.31. The molecule has 1 aliphatic carbocycles. The van der Waals surface area contributed by atoms with Gasteiger partial charge >= 0.3 is 12.4 Å². The highest BCUT2D eigenvalue weighted by Gasteiger charge is 2.42. The van der Waals surface area contributed by atoms with E-state index in [0.717, 1.165) is 12.1 Å². The number of Topliss-reactive ketones (excluding diaryl/α,β-unsaturated/α-hetero) is 1. The molecule has 1 fully saturated rings. The van der Waals surface area contributed by atoms with E-state index in [2.05, 4.69) is 4.98 Å². The zero-order valence-electron chi connectivity index (χ0n) is 14.8. The summed E-state index contributed by atoms with van der Waals surface area (Å²) in [5.74, 6) is -2.26. The number of aromatic nitrogens is 1. The van der Waals surface area contributed by atoms with Crippen LogP contribution in [-0.4, -0.2) is 23.0 Å². The van der Waals surface area contributed by atoms with E-state index in [4.69, 9.17) is 4.74 Å². The number of ether oxygens (including phenoxy) is 1.